The fourth-order valence-electron chi connectivity index (χ4n) is 2.61. The highest BCUT2D eigenvalue weighted by Gasteiger charge is 2.34. The highest BCUT2D eigenvalue weighted by Crippen LogP contribution is 2.30. The predicted octanol–water partition coefficient (Wildman–Crippen LogP) is 1.83. The molecule has 1 aliphatic heterocycles. The first kappa shape index (κ1) is 18.9. The number of hydrogen-bond acceptors (Lipinski definition) is 6. The minimum absolute atomic E-state index is 0.00158. The lowest BCUT2D eigenvalue weighted by Gasteiger charge is -2.24. The van der Waals surface area contributed by atoms with Crippen LogP contribution in [0.25, 0.3) is 0 Å². The van der Waals surface area contributed by atoms with E-state index in [1.807, 2.05) is 0 Å². The molecule has 142 valence electrons. The summed E-state index contributed by atoms with van der Waals surface area (Å²) in [6.07, 6.45) is 0.899. The number of amides is 1. The number of aliphatic imine (C=N–C) groups is 1. The van der Waals surface area contributed by atoms with Gasteiger partial charge in [0.1, 0.15) is 28.4 Å². The summed E-state index contributed by atoms with van der Waals surface area (Å²) < 4.78 is 51.5. The number of benzene rings is 1. The zero-order valence-corrected chi connectivity index (χ0v) is 15.0. The second-order valence-corrected chi connectivity index (χ2v) is 8.46. The topological polar surface area (TPSA) is 115 Å². The van der Waals surface area contributed by atoms with Gasteiger partial charge in [-0.15, -0.1) is 0 Å². The van der Waals surface area contributed by atoms with Crippen molar-refractivity contribution in [2.24, 2.45) is 10.7 Å². The molecule has 1 amide bonds. The van der Waals surface area contributed by atoms with Crippen LogP contribution < -0.4 is 11.1 Å². The van der Waals surface area contributed by atoms with Crippen molar-refractivity contribution in [2.75, 3.05) is 11.1 Å². The third kappa shape index (κ3) is 3.95. The third-order valence-corrected chi connectivity index (χ3v) is 6.32. The van der Waals surface area contributed by atoms with E-state index in [-0.39, 0.29) is 28.5 Å². The minimum Gasteiger partial charge on any atom is -0.386 e. The van der Waals surface area contributed by atoms with Crippen LogP contribution in [0.3, 0.4) is 0 Å². The number of sulfone groups is 1. The quantitative estimate of drug-likeness (QED) is 0.824. The van der Waals surface area contributed by atoms with E-state index in [2.05, 4.69) is 15.3 Å². The molecule has 2 unspecified atom stereocenters. The number of halogens is 2. The van der Waals surface area contributed by atoms with Gasteiger partial charge in [-0.3, -0.25) is 9.79 Å². The fraction of sp³-hybridized carbons (Fsp3) is 0.235. The van der Waals surface area contributed by atoms with Gasteiger partial charge in [0.05, 0.1) is 18.0 Å². The molecule has 2 aromatic rings. The zero-order chi connectivity index (χ0) is 19.8. The molecule has 0 bridgehead atoms. The van der Waals surface area contributed by atoms with Crippen LogP contribution in [-0.2, 0) is 9.84 Å². The minimum atomic E-state index is -3.56. The molecule has 3 rings (SSSR count). The molecule has 7 nitrogen and oxygen atoms in total. The van der Waals surface area contributed by atoms with Gasteiger partial charge >= 0.3 is 0 Å². The zero-order valence-electron chi connectivity index (χ0n) is 14.2. The van der Waals surface area contributed by atoms with Crippen LogP contribution in [0.5, 0.6) is 0 Å². The molecule has 10 heteroatoms. The molecular weight excluding hydrogens is 378 g/mol. The first-order chi connectivity index (χ1) is 12.7. The maximum atomic E-state index is 14.3. The average Bonchev–Trinajstić information content (AvgIpc) is 2.61. The number of pyridine rings is 1. The maximum absolute atomic E-state index is 14.3. The number of aromatic nitrogens is 1. The number of carbonyl (C=O) groups is 1. The van der Waals surface area contributed by atoms with Crippen molar-refractivity contribution in [3.63, 3.8) is 0 Å². The van der Waals surface area contributed by atoms with Gasteiger partial charge < -0.3 is 11.1 Å². The second kappa shape index (κ2) is 7.03. The highest BCUT2D eigenvalue weighted by atomic mass is 32.2. The summed E-state index contributed by atoms with van der Waals surface area (Å²) in [5.74, 6) is -2.35. The molecule has 1 aliphatic rings. The molecule has 1 aromatic carbocycles. The summed E-state index contributed by atoms with van der Waals surface area (Å²) in [5.41, 5.74) is 5.86. The van der Waals surface area contributed by atoms with Crippen molar-refractivity contribution < 1.29 is 22.0 Å². The fourth-order valence-corrected chi connectivity index (χ4v) is 4.02. The van der Waals surface area contributed by atoms with Crippen LogP contribution in [0, 0.1) is 11.6 Å². The van der Waals surface area contributed by atoms with Crippen LogP contribution in [0.4, 0.5) is 14.5 Å². The molecule has 27 heavy (non-hydrogen) atoms. The SMILES string of the molecule is CC1C(N)=NC(c2cc(NC(=O)c3ccc(F)cn3)ccc2F)CS1(=O)=O. The van der Waals surface area contributed by atoms with Gasteiger partial charge in [0.25, 0.3) is 5.91 Å². The number of rotatable bonds is 3. The average molecular weight is 394 g/mol. The van der Waals surface area contributed by atoms with Gasteiger partial charge in [-0.05, 0) is 37.3 Å². The van der Waals surface area contributed by atoms with Crippen LogP contribution >= 0.6 is 0 Å². The molecule has 0 aliphatic carbocycles. The van der Waals surface area contributed by atoms with Crippen molar-refractivity contribution in [2.45, 2.75) is 18.2 Å². The van der Waals surface area contributed by atoms with Crippen molar-refractivity contribution >= 4 is 27.3 Å². The van der Waals surface area contributed by atoms with E-state index in [0.717, 1.165) is 18.3 Å². The van der Waals surface area contributed by atoms with E-state index < -0.39 is 38.7 Å². The van der Waals surface area contributed by atoms with E-state index in [1.165, 1.54) is 25.1 Å². The van der Waals surface area contributed by atoms with E-state index in [1.54, 1.807) is 0 Å². The normalized spacial score (nSPS) is 21.4. The molecule has 2 heterocycles. The first-order valence-corrected chi connectivity index (χ1v) is 9.66. The largest absolute Gasteiger partial charge is 0.386 e. The molecule has 0 radical (unpaired) electrons. The monoisotopic (exact) mass is 394 g/mol. The van der Waals surface area contributed by atoms with Gasteiger partial charge in [0, 0.05) is 11.3 Å². The highest BCUT2D eigenvalue weighted by molar-refractivity contribution is 7.92. The molecule has 2 atom stereocenters. The number of hydrogen-bond donors (Lipinski definition) is 2. The van der Waals surface area contributed by atoms with Gasteiger partial charge in [-0.2, -0.15) is 0 Å². The summed E-state index contributed by atoms with van der Waals surface area (Å²) >= 11 is 0. The predicted molar refractivity (Wildman–Crippen MR) is 96.2 cm³/mol. The van der Waals surface area contributed by atoms with E-state index in [0.29, 0.717) is 0 Å². The summed E-state index contributed by atoms with van der Waals surface area (Å²) in [7, 11) is -3.56. The summed E-state index contributed by atoms with van der Waals surface area (Å²) in [6, 6.07) is 4.99. The number of nitrogens with one attached hydrogen (secondary N) is 1. The Morgan fingerprint density at radius 3 is 2.63 bits per heavy atom. The second-order valence-electron chi connectivity index (χ2n) is 6.09. The lowest BCUT2D eigenvalue weighted by atomic mass is 10.1. The van der Waals surface area contributed by atoms with Gasteiger partial charge in [0.15, 0.2) is 9.84 Å². The molecule has 0 saturated carbocycles. The Bertz CT molecular complexity index is 1020. The summed E-state index contributed by atoms with van der Waals surface area (Å²) in [4.78, 5) is 19.9. The summed E-state index contributed by atoms with van der Waals surface area (Å²) in [5, 5.41) is 1.58. The standard InChI is InChI=1S/C17H16F2N4O3S/c1-9-16(20)23-15(8-27(9,25)26)12-6-11(3-4-13(12)19)22-17(24)14-5-2-10(18)7-21-14/h2-7,9,15H,8H2,1H3,(H2,20,23)(H,22,24). The number of nitrogens with zero attached hydrogens (tertiary/aromatic N) is 2. The number of nitrogens with two attached hydrogens (primary N) is 1. The summed E-state index contributed by atoms with van der Waals surface area (Å²) in [6.45, 7) is 1.42. The van der Waals surface area contributed by atoms with Crippen molar-refractivity contribution in [1.82, 2.24) is 4.98 Å². The maximum Gasteiger partial charge on any atom is 0.274 e. The third-order valence-electron chi connectivity index (χ3n) is 4.22. The van der Waals surface area contributed by atoms with Gasteiger partial charge in [-0.25, -0.2) is 22.2 Å². The number of amidine groups is 1. The molecular formula is C17H16F2N4O3S. The van der Waals surface area contributed by atoms with Crippen molar-refractivity contribution in [3.8, 4) is 0 Å². The van der Waals surface area contributed by atoms with Gasteiger partial charge in [0.2, 0.25) is 0 Å². The van der Waals surface area contributed by atoms with E-state index >= 15 is 0 Å². The molecule has 3 N–H and O–H groups in total. The van der Waals surface area contributed by atoms with Crippen LogP contribution in [-0.4, -0.2) is 36.1 Å². The lowest BCUT2D eigenvalue weighted by molar-refractivity contribution is 0.102. The van der Waals surface area contributed by atoms with Crippen LogP contribution in [0.1, 0.15) is 29.0 Å². The smallest absolute Gasteiger partial charge is 0.274 e. The molecule has 1 aromatic heterocycles. The molecule has 0 spiro atoms. The lowest BCUT2D eigenvalue weighted by Crippen LogP contribution is -2.40. The Kier molecular flexibility index (Phi) is 4.92. The Balaban J connectivity index is 1.89. The molecule has 0 fully saturated rings. The Labute approximate surface area is 154 Å². The Morgan fingerprint density at radius 1 is 1.26 bits per heavy atom. The number of anilines is 1. The molecule has 0 saturated heterocycles. The number of carbonyl (C=O) groups excluding carboxylic acids is 1. The van der Waals surface area contributed by atoms with E-state index in [4.69, 9.17) is 5.73 Å². The Morgan fingerprint density at radius 2 is 2.00 bits per heavy atom. The van der Waals surface area contributed by atoms with Crippen molar-refractivity contribution in [3.05, 3.63) is 59.4 Å². The van der Waals surface area contributed by atoms with Crippen LogP contribution in [0.15, 0.2) is 41.5 Å². The van der Waals surface area contributed by atoms with Gasteiger partial charge in [-0.1, -0.05) is 0 Å². The van der Waals surface area contributed by atoms with Crippen LogP contribution in [0.2, 0.25) is 0 Å². The Hall–Kier alpha value is -2.88. The van der Waals surface area contributed by atoms with E-state index in [9.17, 15) is 22.0 Å². The van der Waals surface area contributed by atoms with Crippen molar-refractivity contribution in [1.29, 1.82) is 0 Å². The first-order valence-electron chi connectivity index (χ1n) is 7.94.